The van der Waals surface area contributed by atoms with Crippen LogP contribution in [0.1, 0.15) is 26.3 Å². The molecule has 0 saturated heterocycles. The summed E-state index contributed by atoms with van der Waals surface area (Å²) >= 11 is 3.15. The third kappa shape index (κ3) is 2.25. The van der Waals surface area contributed by atoms with E-state index in [1.54, 1.807) is 20.8 Å². The van der Waals surface area contributed by atoms with Crippen molar-refractivity contribution in [1.29, 1.82) is 5.26 Å². The summed E-state index contributed by atoms with van der Waals surface area (Å²) in [6.07, 6.45) is 1.37. The summed E-state index contributed by atoms with van der Waals surface area (Å²) in [7, 11) is -3.59. The van der Waals surface area contributed by atoms with E-state index < -0.39 is 14.6 Å². The average molecular weight is 303 g/mol. The van der Waals surface area contributed by atoms with Gasteiger partial charge in [-0.1, -0.05) is 0 Å². The molecule has 1 heterocycles. The third-order valence-corrected chi connectivity index (χ3v) is 4.88. The van der Waals surface area contributed by atoms with Gasteiger partial charge in [0.15, 0.2) is 5.03 Å². The van der Waals surface area contributed by atoms with Crippen molar-refractivity contribution in [2.75, 3.05) is 0 Å². The second-order valence-electron chi connectivity index (χ2n) is 4.23. The predicted octanol–water partition coefficient (Wildman–Crippen LogP) is 2.29. The molecule has 0 saturated carbocycles. The summed E-state index contributed by atoms with van der Waals surface area (Å²) in [5, 5.41) is 8.74. The lowest BCUT2D eigenvalue weighted by Gasteiger charge is -2.18. The second kappa shape index (κ2) is 4.15. The molecular weight excluding hydrogens is 292 g/mol. The largest absolute Gasteiger partial charge is 0.242 e. The summed E-state index contributed by atoms with van der Waals surface area (Å²) in [5.41, 5.74) is 0.0595. The quantitative estimate of drug-likeness (QED) is 0.798. The molecule has 0 aliphatic rings. The number of pyridine rings is 1. The van der Waals surface area contributed by atoms with E-state index in [-0.39, 0.29) is 10.6 Å². The number of hydrogen-bond acceptors (Lipinski definition) is 4. The van der Waals surface area contributed by atoms with Gasteiger partial charge in [-0.05, 0) is 42.8 Å². The maximum absolute atomic E-state index is 12.1. The Morgan fingerprint density at radius 2 is 2.00 bits per heavy atom. The van der Waals surface area contributed by atoms with Gasteiger partial charge in [-0.3, -0.25) is 0 Å². The van der Waals surface area contributed by atoms with Crippen LogP contribution in [0.4, 0.5) is 0 Å². The van der Waals surface area contributed by atoms with Gasteiger partial charge in [0.2, 0.25) is 9.84 Å². The molecular formula is C10H11BrN2O2S. The van der Waals surface area contributed by atoms with Crippen molar-refractivity contribution in [2.45, 2.75) is 30.5 Å². The molecule has 1 rings (SSSR count). The zero-order chi connectivity index (χ0) is 12.6. The first kappa shape index (κ1) is 13.1. The number of nitrogens with zero attached hydrogens (tertiary/aromatic N) is 2. The maximum atomic E-state index is 12.1. The third-order valence-electron chi connectivity index (χ3n) is 2.00. The molecule has 86 valence electrons. The fourth-order valence-electron chi connectivity index (χ4n) is 1.01. The molecule has 0 atom stereocenters. The Hall–Kier alpha value is -0.930. The van der Waals surface area contributed by atoms with Crippen molar-refractivity contribution in [2.24, 2.45) is 0 Å². The standard InChI is InChI=1S/C10H11BrN2O2S/c1-10(2,3)16(14,15)9-7(5-12)4-8(11)6-13-9/h4,6H,1-3H3. The Morgan fingerprint density at radius 1 is 1.44 bits per heavy atom. The molecule has 0 aromatic carbocycles. The fourth-order valence-corrected chi connectivity index (χ4v) is 2.51. The van der Waals surface area contributed by atoms with Gasteiger partial charge in [-0.15, -0.1) is 0 Å². The minimum atomic E-state index is -3.59. The number of sulfone groups is 1. The highest BCUT2D eigenvalue weighted by molar-refractivity contribution is 9.10. The average Bonchev–Trinajstić information content (AvgIpc) is 2.15. The van der Waals surface area contributed by atoms with E-state index in [4.69, 9.17) is 5.26 Å². The van der Waals surface area contributed by atoms with Crippen molar-refractivity contribution >= 4 is 25.8 Å². The van der Waals surface area contributed by atoms with Crippen molar-refractivity contribution in [3.05, 3.63) is 22.3 Å². The first-order valence-electron chi connectivity index (χ1n) is 4.50. The van der Waals surface area contributed by atoms with Crippen LogP contribution in [-0.4, -0.2) is 18.1 Å². The first-order chi connectivity index (χ1) is 7.20. The molecule has 0 radical (unpaired) electrons. The predicted molar refractivity (Wildman–Crippen MR) is 63.6 cm³/mol. The van der Waals surface area contributed by atoms with Gasteiger partial charge in [0.05, 0.1) is 10.3 Å². The summed E-state index contributed by atoms with van der Waals surface area (Å²) in [6, 6.07) is 3.29. The van der Waals surface area contributed by atoms with Crippen molar-refractivity contribution < 1.29 is 8.42 Å². The van der Waals surface area contributed by atoms with Crippen LogP contribution in [-0.2, 0) is 9.84 Å². The fraction of sp³-hybridized carbons (Fsp3) is 0.400. The Kier molecular flexibility index (Phi) is 3.41. The molecule has 0 fully saturated rings. The summed E-state index contributed by atoms with van der Waals surface area (Å²) in [6.45, 7) is 4.73. The highest BCUT2D eigenvalue weighted by Crippen LogP contribution is 2.26. The summed E-state index contributed by atoms with van der Waals surface area (Å²) in [5.74, 6) is 0. The molecule has 0 aliphatic heterocycles. The van der Waals surface area contributed by atoms with E-state index in [0.717, 1.165) is 0 Å². The SMILES string of the molecule is CC(C)(C)S(=O)(=O)c1ncc(Br)cc1C#N. The minimum absolute atomic E-state index is 0.0595. The number of hydrogen-bond donors (Lipinski definition) is 0. The Bertz CT molecular complexity index is 553. The normalized spacial score (nSPS) is 12.2. The summed E-state index contributed by atoms with van der Waals surface area (Å²) < 4.78 is 23.8. The monoisotopic (exact) mass is 302 g/mol. The molecule has 4 nitrogen and oxygen atoms in total. The Morgan fingerprint density at radius 3 is 2.44 bits per heavy atom. The van der Waals surface area contributed by atoms with Crippen LogP contribution in [0.3, 0.4) is 0 Å². The molecule has 0 aliphatic carbocycles. The molecule has 0 N–H and O–H groups in total. The molecule has 0 spiro atoms. The maximum Gasteiger partial charge on any atom is 0.201 e. The summed E-state index contributed by atoms with van der Waals surface area (Å²) in [4.78, 5) is 3.83. The van der Waals surface area contributed by atoms with Gasteiger partial charge in [0.1, 0.15) is 6.07 Å². The van der Waals surface area contributed by atoms with Crippen LogP contribution in [0.25, 0.3) is 0 Å². The van der Waals surface area contributed by atoms with E-state index >= 15 is 0 Å². The molecule has 1 aromatic rings. The van der Waals surface area contributed by atoms with E-state index in [2.05, 4.69) is 20.9 Å². The van der Waals surface area contributed by atoms with Gasteiger partial charge in [-0.2, -0.15) is 5.26 Å². The van der Waals surface area contributed by atoms with Crippen LogP contribution in [0.5, 0.6) is 0 Å². The molecule has 1 aromatic heterocycles. The van der Waals surface area contributed by atoms with Crippen LogP contribution in [0.15, 0.2) is 21.8 Å². The lowest BCUT2D eigenvalue weighted by molar-refractivity contribution is 0.556. The second-order valence-corrected chi connectivity index (χ2v) is 7.77. The van der Waals surface area contributed by atoms with E-state index in [1.807, 2.05) is 6.07 Å². The van der Waals surface area contributed by atoms with Gasteiger partial charge in [-0.25, -0.2) is 13.4 Å². The van der Waals surface area contributed by atoms with Crippen molar-refractivity contribution in [1.82, 2.24) is 4.98 Å². The highest BCUT2D eigenvalue weighted by atomic mass is 79.9. The van der Waals surface area contributed by atoms with E-state index in [0.29, 0.717) is 4.47 Å². The Labute approximate surface area is 103 Å². The van der Waals surface area contributed by atoms with Crippen molar-refractivity contribution in [3.8, 4) is 6.07 Å². The molecule has 16 heavy (non-hydrogen) atoms. The smallest absolute Gasteiger partial charge is 0.201 e. The van der Waals surface area contributed by atoms with Gasteiger partial charge in [0.25, 0.3) is 0 Å². The molecule has 6 heteroatoms. The number of nitriles is 1. The van der Waals surface area contributed by atoms with E-state index in [9.17, 15) is 8.42 Å². The van der Waals surface area contributed by atoms with Crippen LogP contribution >= 0.6 is 15.9 Å². The number of halogens is 1. The van der Waals surface area contributed by atoms with Crippen LogP contribution < -0.4 is 0 Å². The van der Waals surface area contributed by atoms with Crippen LogP contribution in [0.2, 0.25) is 0 Å². The minimum Gasteiger partial charge on any atom is -0.242 e. The lowest BCUT2D eigenvalue weighted by Crippen LogP contribution is -2.29. The topological polar surface area (TPSA) is 70.8 Å². The molecule has 0 amide bonds. The zero-order valence-electron chi connectivity index (χ0n) is 9.15. The molecule has 0 unspecified atom stereocenters. The Balaban J connectivity index is 3.54. The first-order valence-corrected chi connectivity index (χ1v) is 6.78. The van der Waals surface area contributed by atoms with E-state index in [1.165, 1.54) is 12.3 Å². The number of aromatic nitrogens is 1. The van der Waals surface area contributed by atoms with Gasteiger partial charge >= 0.3 is 0 Å². The van der Waals surface area contributed by atoms with Crippen LogP contribution in [0, 0.1) is 11.3 Å². The van der Waals surface area contributed by atoms with Gasteiger partial charge in [0, 0.05) is 10.7 Å². The van der Waals surface area contributed by atoms with Crippen molar-refractivity contribution in [3.63, 3.8) is 0 Å². The molecule has 0 bridgehead atoms. The number of rotatable bonds is 1. The van der Waals surface area contributed by atoms with Gasteiger partial charge < -0.3 is 0 Å². The highest BCUT2D eigenvalue weighted by Gasteiger charge is 2.34. The zero-order valence-corrected chi connectivity index (χ0v) is 11.6. The lowest BCUT2D eigenvalue weighted by atomic mass is 10.3.